The Morgan fingerprint density at radius 2 is 1.88 bits per heavy atom. The molecule has 0 saturated carbocycles. The van der Waals surface area contributed by atoms with Gasteiger partial charge in [-0.2, -0.15) is 25.3 Å². The number of ether oxygens (including phenoxy) is 2. The summed E-state index contributed by atoms with van der Waals surface area (Å²) in [5.41, 5.74) is -0.362. The number of amides is 1. The van der Waals surface area contributed by atoms with Crippen LogP contribution in [-0.4, -0.2) is 54.1 Å². The van der Waals surface area contributed by atoms with Crippen molar-refractivity contribution in [2.24, 2.45) is 0 Å². The molecular weight excluding hydrogens is 507 g/mol. The zero-order valence-corrected chi connectivity index (χ0v) is 22.2. The topological polar surface area (TPSA) is 146 Å². The Hall–Kier alpha value is -1.50. The number of benzene rings is 1. The Balaban J connectivity index is 2.53. The lowest BCUT2D eigenvalue weighted by Crippen LogP contribution is -2.26. The van der Waals surface area contributed by atoms with Crippen molar-refractivity contribution in [3.63, 3.8) is 0 Å². The molecule has 0 saturated heterocycles. The molecule has 3 unspecified atom stereocenters. The van der Waals surface area contributed by atoms with Gasteiger partial charge in [0, 0.05) is 18.2 Å². The molecule has 3 atom stereocenters. The van der Waals surface area contributed by atoms with Crippen molar-refractivity contribution in [3.8, 4) is 11.5 Å². The van der Waals surface area contributed by atoms with Crippen LogP contribution in [0.15, 0.2) is 12.1 Å². The van der Waals surface area contributed by atoms with Gasteiger partial charge >= 0.3 is 7.82 Å². The highest BCUT2D eigenvalue weighted by molar-refractivity contribution is 7.81. The molecule has 2 N–H and O–H groups in total. The number of phosphoric ester groups is 1. The minimum Gasteiger partial charge on any atom is -0.493 e. The number of nitrogens with zero attached hydrogens (tertiary/aromatic N) is 1. The van der Waals surface area contributed by atoms with Crippen molar-refractivity contribution >= 4 is 44.7 Å². The standard InChI is InChI=1S/C20H33N2O9PS2/c1-14(16-12-18(28-2)19(29-3)13-17(16)22(24)25)31-32(26,27)30-10-9-21-20(23)7-5-4-6-15(34)8-11-33/h12-15,33-34H,4-11H2,1-3H3,(H,21,23)(H,26,27). The lowest BCUT2D eigenvalue weighted by atomic mass is 10.1. The molecule has 194 valence electrons. The lowest BCUT2D eigenvalue weighted by molar-refractivity contribution is -0.386. The number of phosphoric acid groups is 1. The minimum absolute atomic E-state index is 0.00616. The van der Waals surface area contributed by atoms with E-state index < -0.39 is 18.8 Å². The second kappa shape index (κ2) is 15.5. The van der Waals surface area contributed by atoms with E-state index in [2.05, 4.69) is 30.6 Å². The summed E-state index contributed by atoms with van der Waals surface area (Å²) >= 11 is 8.60. The van der Waals surface area contributed by atoms with Crippen LogP contribution in [0, 0.1) is 10.1 Å². The van der Waals surface area contributed by atoms with E-state index in [1.54, 1.807) is 0 Å². The first-order valence-corrected chi connectivity index (χ1v) is 13.3. The summed E-state index contributed by atoms with van der Waals surface area (Å²) in [4.78, 5) is 32.6. The molecule has 0 aliphatic rings. The number of carbonyl (C=O) groups is 1. The maximum Gasteiger partial charge on any atom is 0.472 e. The molecule has 11 nitrogen and oxygen atoms in total. The van der Waals surface area contributed by atoms with Gasteiger partial charge in [-0.15, -0.1) is 0 Å². The third-order valence-corrected chi connectivity index (χ3v) is 6.66. The third kappa shape index (κ3) is 10.8. The van der Waals surface area contributed by atoms with Gasteiger partial charge in [-0.3, -0.25) is 24.0 Å². The van der Waals surface area contributed by atoms with E-state index in [-0.39, 0.29) is 47.1 Å². The Morgan fingerprint density at radius 1 is 1.24 bits per heavy atom. The van der Waals surface area contributed by atoms with Crippen LogP contribution in [0.4, 0.5) is 5.69 Å². The number of nitro groups is 1. The fourth-order valence-electron chi connectivity index (χ4n) is 3.05. The van der Waals surface area contributed by atoms with Crippen LogP contribution < -0.4 is 14.8 Å². The van der Waals surface area contributed by atoms with E-state index in [1.807, 2.05) is 0 Å². The molecule has 14 heteroatoms. The van der Waals surface area contributed by atoms with Crippen LogP contribution in [-0.2, 0) is 18.4 Å². The summed E-state index contributed by atoms with van der Waals surface area (Å²) in [7, 11) is -1.88. The summed E-state index contributed by atoms with van der Waals surface area (Å²) in [5.74, 6) is 0.905. The molecule has 0 fully saturated rings. The molecule has 0 spiro atoms. The van der Waals surface area contributed by atoms with Gasteiger partial charge in [-0.05, 0) is 38.0 Å². The molecule has 1 rings (SSSR count). The van der Waals surface area contributed by atoms with E-state index in [0.29, 0.717) is 12.8 Å². The quantitative estimate of drug-likeness (QED) is 0.0754. The van der Waals surface area contributed by atoms with E-state index in [1.165, 1.54) is 27.2 Å². The van der Waals surface area contributed by atoms with Crippen LogP contribution in [0.3, 0.4) is 0 Å². The van der Waals surface area contributed by atoms with Gasteiger partial charge in [-0.25, -0.2) is 4.57 Å². The number of unbranched alkanes of at least 4 members (excludes halogenated alkanes) is 1. The van der Waals surface area contributed by atoms with Gasteiger partial charge in [0.2, 0.25) is 5.91 Å². The first-order valence-electron chi connectivity index (χ1n) is 10.7. The SMILES string of the molecule is COc1cc(C(C)OP(=O)(O)OCCNC(=O)CCCCC(S)CCS)c([N+](=O)[O-])cc1OC. The first kappa shape index (κ1) is 30.5. The molecule has 0 aliphatic carbocycles. The summed E-state index contributed by atoms with van der Waals surface area (Å²) < 4.78 is 32.5. The number of nitro benzene ring substituents is 1. The maximum atomic E-state index is 12.3. The fraction of sp³-hybridized carbons (Fsp3) is 0.650. The average molecular weight is 541 g/mol. The molecule has 34 heavy (non-hydrogen) atoms. The number of rotatable bonds is 17. The van der Waals surface area contributed by atoms with Crippen LogP contribution in [0.1, 0.15) is 50.7 Å². The third-order valence-electron chi connectivity index (χ3n) is 4.79. The lowest BCUT2D eigenvalue weighted by Gasteiger charge is -2.19. The number of hydrogen-bond acceptors (Lipinski definition) is 10. The summed E-state index contributed by atoms with van der Waals surface area (Å²) in [5, 5.41) is 14.3. The predicted octanol–water partition coefficient (Wildman–Crippen LogP) is 4.10. The van der Waals surface area contributed by atoms with Crippen molar-refractivity contribution in [2.45, 2.75) is 50.4 Å². The molecule has 1 aromatic carbocycles. The number of methoxy groups -OCH3 is 2. The van der Waals surface area contributed by atoms with Gasteiger partial charge in [-0.1, -0.05) is 6.42 Å². The number of thiol groups is 2. The molecule has 1 amide bonds. The van der Waals surface area contributed by atoms with E-state index in [4.69, 9.17) is 18.5 Å². The van der Waals surface area contributed by atoms with E-state index >= 15 is 0 Å². The largest absolute Gasteiger partial charge is 0.493 e. The number of hydrogen-bond donors (Lipinski definition) is 4. The summed E-state index contributed by atoms with van der Waals surface area (Å²) in [6, 6.07) is 2.44. The highest BCUT2D eigenvalue weighted by Gasteiger charge is 2.30. The van der Waals surface area contributed by atoms with Gasteiger partial charge in [0.15, 0.2) is 11.5 Å². The predicted molar refractivity (Wildman–Crippen MR) is 134 cm³/mol. The second-order valence-corrected chi connectivity index (χ2v) is 9.92. The van der Waals surface area contributed by atoms with Crippen molar-refractivity contribution in [1.82, 2.24) is 5.32 Å². The van der Waals surface area contributed by atoms with Gasteiger partial charge in [0.25, 0.3) is 5.69 Å². The molecule has 0 radical (unpaired) electrons. The second-order valence-electron chi connectivity index (χ2n) is 7.33. The van der Waals surface area contributed by atoms with Crippen LogP contribution >= 0.6 is 33.1 Å². The highest BCUT2D eigenvalue weighted by Crippen LogP contribution is 2.49. The zero-order chi connectivity index (χ0) is 25.7. The molecule has 0 bridgehead atoms. The van der Waals surface area contributed by atoms with E-state index in [9.17, 15) is 24.4 Å². The molecule has 0 heterocycles. The molecular formula is C20H33N2O9PS2. The van der Waals surface area contributed by atoms with Crippen molar-refractivity contribution in [2.75, 3.05) is 33.1 Å². The molecule has 0 aromatic heterocycles. The van der Waals surface area contributed by atoms with Crippen molar-refractivity contribution in [3.05, 3.63) is 27.8 Å². The maximum absolute atomic E-state index is 12.3. The Labute approximate surface area is 210 Å². The van der Waals surface area contributed by atoms with Gasteiger partial charge in [0.1, 0.15) is 0 Å². The highest BCUT2D eigenvalue weighted by atomic mass is 32.1. The first-order chi connectivity index (χ1) is 16.0. The Bertz CT molecular complexity index is 860. The van der Waals surface area contributed by atoms with Gasteiger partial charge < -0.3 is 19.7 Å². The summed E-state index contributed by atoms with van der Waals surface area (Å²) in [6.45, 7) is 1.10. The number of nitrogens with one attached hydrogen (secondary N) is 1. The fourth-order valence-corrected chi connectivity index (χ4v) is 4.78. The van der Waals surface area contributed by atoms with E-state index in [0.717, 1.165) is 31.1 Å². The smallest absolute Gasteiger partial charge is 0.472 e. The Kier molecular flexibility index (Phi) is 13.9. The molecule has 0 aliphatic heterocycles. The summed E-state index contributed by atoms with van der Waals surface area (Å²) in [6.07, 6.45) is 2.54. The van der Waals surface area contributed by atoms with Crippen molar-refractivity contribution in [1.29, 1.82) is 0 Å². The van der Waals surface area contributed by atoms with Crippen LogP contribution in [0.25, 0.3) is 0 Å². The Morgan fingerprint density at radius 3 is 2.47 bits per heavy atom. The van der Waals surface area contributed by atoms with Crippen LogP contribution in [0.5, 0.6) is 11.5 Å². The van der Waals surface area contributed by atoms with Crippen LogP contribution in [0.2, 0.25) is 0 Å². The van der Waals surface area contributed by atoms with Gasteiger partial charge in [0.05, 0.1) is 43.5 Å². The zero-order valence-electron chi connectivity index (χ0n) is 19.5. The molecule has 1 aromatic rings. The number of carbonyl (C=O) groups excluding carboxylic acids is 1. The normalized spacial score (nSPS) is 14.6. The average Bonchev–Trinajstić information content (AvgIpc) is 2.78. The van der Waals surface area contributed by atoms with Crippen molar-refractivity contribution < 1.29 is 37.7 Å². The monoisotopic (exact) mass is 540 g/mol. The minimum atomic E-state index is -4.57.